The van der Waals surface area contributed by atoms with Gasteiger partial charge < -0.3 is 38.3 Å². The number of benzene rings is 1. The molecule has 1 aromatic rings. The minimum absolute atomic E-state index is 0.0680. The van der Waals surface area contributed by atoms with Gasteiger partial charge in [-0.05, 0) is 18.6 Å². The molecule has 1 aromatic carbocycles. The molecule has 0 aliphatic heterocycles. The Morgan fingerprint density at radius 1 is 0.719 bits per heavy atom. The van der Waals surface area contributed by atoms with Crippen molar-refractivity contribution in [1.82, 2.24) is 0 Å². The highest BCUT2D eigenvalue weighted by Crippen LogP contribution is 2.38. The van der Waals surface area contributed by atoms with E-state index in [4.69, 9.17) is 33.2 Å². The first-order valence-corrected chi connectivity index (χ1v) is 11.1. The quantitative estimate of drug-likeness (QED) is 0.220. The summed E-state index contributed by atoms with van der Waals surface area (Å²) in [5, 5.41) is 10.5. The molecule has 184 valence electrons. The number of phenols is 1. The molecule has 0 radical (unpaired) electrons. The van der Waals surface area contributed by atoms with Crippen LogP contribution in [0.3, 0.4) is 0 Å². The highest BCUT2D eigenvalue weighted by molar-refractivity contribution is 5.97. The molecule has 0 heterocycles. The Labute approximate surface area is 190 Å². The van der Waals surface area contributed by atoms with Crippen LogP contribution in [0.4, 0.5) is 0 Å². The van der Waals surface area contributed by atoms with Gasteiger partial charge in [-0.25, -0.2) is 0 Å². The summed E-state index contributed by atoms with van der Waals surface area (Å²) in [4.78, 5) is 12.1. The number of phenolic OH excluding ortho intramolecular Hbond substituents is 1. The Bertz CT molecular complexity index is 622. The molecular formula is C23H38O9. The van der Waals surface area contributed by atoms with Crippen molar-refractivity contribution in [3.63, 3.8) is 0 Å². The van der Waals surface area contributed by atoms with Crippen LogP contribution in [0.25, 0.3) is 0 Å². The number of aromatic hydroxyl groups is 1. The number of carbonyl (C=O) groups excluding carboxylic acids is 1. The minimum atomic E-state index is -0.148. The number of ether oxygens (including phenoxy) is 7. The Hall–Kier alpha value is -1.91. The fourth-order valence-corrected chi connectivity index (χ4v) is 2.52. The van der Waals surface area contributed by atoms with E-state index in [-0.39, 0.29) is 36.2 Å². The number of hydrogen-bond donors (Lipinski definition) is 1. The summed E-state index contributed by atoms with van der Waals surface area (Å²) in [7, 11) is 1.63. The summed E-state index contributed by atoms with van der Waals surface area (Å²) in [6, 6.07) is 3.05. The summed E-state index contributed by atoms with van der Waals surface area (Å²) >= 11 is 0. The minimum Gasteiger partial charge on any atom is -0.502 e. The highest BCUT2D eigenvalue weighted by atomic mass is 16.6. The zero-order valence-electron chi connectivity index (χ0n) is 19.6. The van der Waals surface area contributed by atoms with E-state index in [1.807, 2.05) is 6.92 Å². The summed E-state index contributed by atoms with van der Waals surface area (Å²) < 4.78 is 37.6. The molecule has 0 unspecified atom stereocenters. The predicted molar refractivity (Wildman–Crippen MR) is 119 cm³/mol. The van der Waals surface area contributed by atoms with Crippen LogP contribution in [0.1, 0.15) is 37.0 Å². The van der Waals surface area contributed by atoms with Crippen molar-refractivity contribution in [2.75, 3.05) is 79.8 Å². The lowest BCUT2D eigenvalue weighted by molar-refractivity contribution is 0.0000664. The third-order valence-corrected chi connectivity index (χ3v) is 4.18. The van der Waals surface area contributed by atoms with Crippen molar-refractivity contribution >= 4 is 5.78 Å². The number of ketones is 1. The highest BCUT2D eigenvalue weighted by Gasteiger charge is 2.16. The summed E-state index contributed by atoms with van der Waals surface area (Å²) in [5.74, 6) is 0.162. The molecule has 0 saturated heterocycles. The van der Waals surface area contributed by atoms with Crippen molar-refractivity contribution in [2.45, 2.75) is 26.7 Å². The first-order chi connectivity index (χ1) is 15.6. The lowest BCUT2D eigenvalue weighted by Gasteiger charge is -2.15. The van der Waals surface area contributed by atoms with E-state index in [0.717, 1.165) is 6.42 Å². The van der Waals surface area contributed by atoms with Crippen LogP contribution in [0.15, 0.2) is 12.1 Å². The SMILES string of the molecule is CCCOCCOc1cc(C(=O)CC)cc(OCCOCCOCCOCCOC)c1O. The largest absolute Gasteiger partial charge is 0.502 e. The maximum atomic E-state index is 12.1. The van der Waals surface area contributed by atoms with Crippen LogP contribution in [0, 0.1) is 0 Å². The second kappa shape index (κ2) is 18.6. The maximum Gasteiger partial charge on any atom is 0.200 e. The van der Waals surface area contributed by atoms with Crippen molar-refractivity contribution in [3.8, 4) is 17.2 Å². The molecule has 9 nitrogen and oxygen atoms in total. The lowest BCUT2D eigenvalue weighted by atomic mass is 10.1. The van der Waals surface area contributed by atoms with Crippen molar-refractivity contribution in [2.24, 2.45) is 0 Å². The second-order valence-electron chi connectivity index (χ2n) is 6.74. The molecule has 0 spiro atoms. The van der Waals surface area contributed by atoms with E-state index < -0.39 is 0 Å². The third-order valence-electron chi connectivity index (χ3n) is 4.18. The Kier molecular flexibility index (Phi) is 16.4. The van der Waals surface area contributed by atoms with Crippen LogP contribution in [0.5, 0.6) is 17.2 Å². The van der Waals surface area contributed by atoms with Gasteiger partial charge in [-0.1, -0.05) is 13.8 Å². The number of carbonyl (C=O) groups is 1. The van der Waals surface area contributed by atoms with Gasteiger partial charge in [-0.15, -0.1) is 0 Å². The van der Waals surface area contributed by atoms with E-state index in [9.17, 15) is 9.90 Å². The topological polar surface area (TPSA) is 102 Å². The molecule has 1 N–H and O–H groups in total. The van der Waals surface area contributed by atoms with Crippen molar-refractivity contribution in [1.29, 1.82) is 0 Å². The monoisotopic (exact) mass is 458 g/mol. The fourth-order valence-electron chi connectivity index (χ4n) is 2.52. The molecular weight excluding hydrogens is 420 g/mol. The third kappa shape index (κ3) is 12.2. The van der Waals surface area contributed by atoms with E-state index in [0.29, 0.717) is 71.4 Å². The van der Waals surface area contributed by atoms with Gasteiger partial charge in [0.2, 0.25) is 5.75 Å². The van der Waals surface area contributed by atoms with Crippen LogP contribution >= 0.6 is 0 Å². The molecule has 0 aliphatic rings. The van der Waals surface area contributed by atoms with Gasteiger partial charge in [-0.3, -0.25) is 4.79 Å². The van der Waals surface area contributed by atoms with Gasteiger partial charge >= 0.3 is 0 Å². The lowest BCUT2D eigenvalue weighted by Crippen LogP contribution is -2.14. The van der Waals surface area contributed by atoms with E-state index in [2.05, 4.69) is 0 Å². The zero-order chi connectivity index (χ0) is 23.4. The van der Waals surface area contributed by atoms with Gasteiger partial charge in [0.1, 0.15) is 13.2 Å². The van der Waals surface area contributed by atoms with Gasteiger partial charge in [0.05, 0.1) is 52.9 Å². The fraction of sp³-hybridized carbons (Fsp3) is 0.696. The maximum absolute atomic E-state index is 12.1. The number of methoxy groups -OCH3 is 1. The van der Waals surface area contributed by atoms with Crippen LogP contribution < -0.4 is 9.47 Å². The average Bonchev–Trinajstić information content (AvgIpc) is 2.80. The average molecular weight is 459 g/mol. The molecule has 0 bridgehead atoms. The van der Waals surface area contributed by atoms with Crippen molar-refractivity contribution < 1.29 is 43.1 Å². The summed E-state index contributed by atoms with van der Waals surface area (Å²) in [5.41, 5.74) is 0.423. The molecule has 9 heteroatoms. The van der Waals surface area contributed by atoms with E-state index in [1.54, 1.807) is 14.0 Å². The van der Waals surface area contributed by atoms with E-state index >= 15 is 0 Å². The molecule has 0 aromatic heterocycles. The van der Waals surface area contributed by atoms with Gasteiger partial charge in [0, 0.05) is 25.7 Å². The Morgan fingerprint density at radius 2 is 1.16 bits per heavy atom. The summed E-state index contributed by atoms with van der Waals surface area (Å²) in [6.07, 6.45) is 1.25. The summed E-state index contributed by atoms with van der Waals surface area (Å²) in [6.45, 7) is 8.56. The molecule has 0 amide bonds. The molecule has 0 saturated carbocycles. The molecule has 1 rings (SSSR count). The van der Waals surface area contributed by atoms with Crippen LogP contribution in [-0.2, 0) is 23.7 Å². The molecule has 0 fully saturated rings. The van der Waals surface area contributed by atoms with Gasteiger partial charge in [-0.2, -0.15) is 0 Å². The second-order valence-corrected chi connectivity index (χ2v) is 6.74. The molecule has 0 aliphatic carbocycles. The number of Topliss-reactive ketones (excluding diaryl/α,β-unsaturated/α-hetero) is 1. The van der Waals surface area contributed by atoms with Gasteiger partial charge in [0.25, 0.3) is 0 Å². The first kappa shape index (κ1) is 28.1. The molecule has 0 atom stereocenters. The number of rotatable bonds is 21. The Morgan fingerprint density at radius 3 is 1.59 bits per heavy atom. The predicted octanol–water partition coefficient (Wildman–Crippen LogP) is 2.87. The number of hydrogen-bond acceptors (Lipinski definition) is 9. The first-order valence-electron chi connectivity index (χ1n) is 11.1. The van der Waals surface area contributed by atoms with Crippen LogP contribution in [-0.4, -0.2) is 90.7 Å². The normalized spacial score (nSPS) is 11.0. The molecule has 32 heavy (non-hydrogen) atoms. The van der Waals surface area contributed by atoms with E-state index in [1.165, 1.54) is 12.1 Å². The van der Waals surface area contributed by atoms with Gasteiger partial charge in [0.15, 0.2) is 17.3 Å². The zero-order valence-corrected chi connectivity index (χ0v) is 19.6. The van der Waals surface area contributed by atoms with Crippen LogP contribution in [0.2, 0.25) is 0 Å². The smallest absolute Gasteiger partial charge is 0.200 e. The van der Waals surface area contributed by atoms with Crippen molar-refractivity contribution in [3.05, 3.63) is 17.7 Å². The standard InChI is InChI=1S/C23H38O9/c1-4-6-27-13-15-31-21-17-19(20(24)5-2)18-22(23(21)25)32-16-14-30-12-11-29-10-9-28-8-7-26-3/h17-18,25H,4-16H2,1-3H3. The Balaban J connectivity index is 2.38.